The molecule has 0 unspecified atom stereocenters. The van der Waals surface area contributed by atoms with Crippen molar-refractivity contribution in [2.24, 2.45) is 10.2 Å². The molecule has 2 N–H and O–H groups in total. The van der Waals surface area contributed by atoms with Crippen LogP contribution in [-0.2, 0) is 0 Å². The Morgan fingerprint density at radius 3 is 1.72 bits per heavy atom. The number of nitrogens with zero attached hydrogens (tertiary/aromatic N) is 2. The van der Waals surface area contributed by atoms with E-state index in [0.717, 1.165) is 25.8 Å². The molecule has 1 amide bonds. The van der Waals surface area contributed by atoms with Crippen LogP contribution < -0.4 is 10.9 Å². The Kier molecular flexibility index (Phi) is 9.16. The molecule has 7 heteroatoms. The van der Waals surface area contributed by atoms with E-state index in [9.17, 15) is 4.79 Å². The summed E-state index contributed by atoms with van der Waals surface area (Å²) in [7, 11) is 0. The normalized spacial score (nSPS) is 12.3. The van der Waals surface area contributed by atoms with E-state index < -0.39 is 0 Å². The zero-order valence-electron chi connectivity index (χ0n) is 17.0. The SMILES string of the molecule is O=C(N/N=C/C(Br)=C/c1ccccc1)c1ccc(N/N=C/C(Br)=C/c2ccccc2)cc1. The largest absolute Gasteiger partial charge is 0.278 e. The summed E-state index contributed by atoms with van der Waals surface area (Å²) in [6.45, 7) is 0. The van der Waals surface area contributed by atoms with E-state index in [1.807, 2.05) is 72.8 Å². The van der Waals surface area contributed by atoms with Gasteiger partial charge < -0.3 is 0 Å². The van der Waals surface area contributed by atoms with E-state index in [0.29, 0.717) is 5.56 Å². The molecule has 0 spiro atoms. The molecule has 3 aromatic rings. The molecule has 0 aliphatic rings. The lowest BCUT2D eigenvalue weighted by Crippen LogP contribution is -2.17. The van der Waals surface area contributed by atoms with Gasteiger partial charge in [0.2, 0.25) is 0 Å². The quantitative estimate of drug-likeness (QED) is 0.242. The molecule has 32 heavy (non-hydrogen) atoms. The molecule has 3 aromatic carbocycles. The molecule has 0 aliphatic heterocycles. The number of amides is 1. The lowest BCUT2D eigenvalue weighted by atomic mass is 10.2. The van der Waals surface area contributed by atoms with E-state index in [-0.39, 0.29) is 5.91 Å². The molecular weight excluding hydrogens is 532 g/mol. The van der Waals surface area contributed by atoms with Crippen LogP contribution in [0.15, 0.2) is 104 Å². The maximum Gasteiger partial charge on any atom is 0.271 e. The Balaban J connectivity index is 1.49. The van der Waals surface area contributed by atoms with Gasteiger partial charge in [-0.2, -0.15) is 10.2 Å². The van der Waals surface area contributed by atoms with Gasteiger partial charge in [-0.05, 0) is 79.4 Å². The van der Waals surface area contributed by atoms with E-state index in [1.54, 1.807) is 30.5 Å². The highest BCUT2D eigenvalue weighted by atomic mass is 79.9. The highest BCUT2D eigenvalue weighted by molar-refractivity contribution is 9.12. The average molecular weight is 552 g/mol. The standard InChI is InChI=1S/C25H20Br2N4O/c26-22(15-19-7-3-1-4-8-19)17-28-30-24-13-11-21(12-14-24)25(32)31-29-18-23(27)16-20-9-5-2-6-10-20/h1-18,30H,(H,31,32)/b22-15-,23-16-,28-17+,29-18+. The molecule has 0 fully saturated rings. The van der Waals surface area contributed by atoms with Crippen molar-refractivity contribution in [3.8, 4) is 0 Å². The number of carbonyl (C=O) groups excluding carboxylic acids is 1. The molecular formula is C25H20Br2N4O. The van der Waals surface area contributed by atoms with Crippen molar-refractivity contribution in [3.05, 3.63) is 111 Å². The van der Waals surface area contributed by atoms with E-state index in [4.69, 9.17) is 0 Å². The molecule has 160 valence electrons. The molecule has 5 nitrogen and oxygen atoms in total. The predicted octanol–water partition coefficient (Wildman–Crippen LogP) is 6.67. The van der Waals surface area contributed by atoms with Gasteiger partial charge in [0.05, 0.1) is 18.1 Å². The second-order valence-corrected chi connectivity index (χ2v) is 8.36. The second kappa shape index (κ2) is 12.5. The summed E-state index contributed by atoms with van der Waals surface area (Å²) in [6.07, 6.45) is 7.08. The van der Waals surface area contributed by atoms with Crippen molar-refractivity contribution >= 4 is 68.0 Å². The summed E-state index contributed by atoms with van der Waals surface area (Å²) in [5.41, 5.74) is 8.80. The Morgan fingerprint density at radius 2 is 1.19 bits per heavy atom. The van der Waals surface area contributed by atoms with Gasteiger partial charge in [0.15, 0.2) is 0 Å². The summed E-state index contributed by atoms with van der Waals surface area (Å²) in [6, 6.07) is 26.7. The number of nitrogens with one attached hydrogen (secondary N) is 2. The zero-order valence-corrected chi connectivity index (χ0v) is 20.1. The van der Waals surface area contributed by atoms with Gasteiger partial charge in [-0.25, -0.2) is 5.43 Å². The third-order valence-electron chi connectivity index (χ3n) is 4.09. The summed E-state index contributed by atoms with van der Waals surface area (Å²) < 4.78 is 1.58. The minimum atomic E-state index is -0.301. The summed E-state index contributed by atoms with van der Waals surface area (Å²) in [5, 5.41) is 8.17. The van der Waals surface area contributed by atoms with Crippen LogP contribution in [0.4, 0.5) is 5.69 Å². The van der Waals surface area contributed by atoms with Crippen LogP contribution in [0.2, 0.25) is 0 Å². The Hall–Kier alpha value is -3.29. The van der Waals surface area contributed by atoms with Crippen LogP contribution in [0.3, 0.4) is 0 Å². The Morgan fingerprint density at radius 1 is 0.688 bits per heavy atom. The highest BCUT2D eigenvalue weighted by Crippen LogP contribution is 2.13. The van der Waals surface area contributed by atoms with Crippen molar-refractivity contribution in [1.82, 2.24) is 5.43 Å². The van der Waals surface area contributed by atoms with Crippen molar-refractivity contribution in [2.75, 3.05) is 5.43 Å². The summed E-state index contributed by atoms with van der Waals surface area (Å²) >= 11 is 6.88. The first-order chi connectivity index (χ1) is 15.6. The van der Waals surface area contributed by atoms with Crippen molar-refractivity contribution in [1.29, 1.82) is 0 Å². The van der Waals surface area contributed by atoms with Crippen LogP contribution in [0.5, 0.6) is 0 Å². The van der Waals surface area contributed by atoms with Crippen molar-refractivity contribution in [2.45, 2.75) is 0 Å². The molecule has 0 aliphatic carbocycles. The van der Waals surface area contributed by atoms with E-state index >= 15 is 0 Å². The fraction of sp³-hybridized carbons (Fsp3) is 0. The monoisotopic (exact) mass is 550 g/mol. The summed E-state index contributed by atoms with van der Waals surface area (Å²) in [4.78, 5) is 12.2. The minimum absolute atomic E-state index is 0.301. The first-order valence-corrected chi connectivity index (χ1v) is 11.3. The molecule has 0 aromatic heterocycles. The van der Waals surface area contributed by atoms with Gasteiger partial charge in [0.1, 0.15) is 0 Å². The Labute approximate surface area is 203 Å². The van der Waals surface area contributed by atoms with Gasteiger partial charge in [0, 0.05) is 14.5 Å². The highest BCUT2D eigenvalue weighted by Gasteiger charge is 2.03. The van der Waals surface area contributed by atoms with Crippen LogP contribution in [0.1, 0.15) is 21.5 Å². The maximum atomic E-state index is 12.2. The maximum absolute atomic E-state index is 12.2. The zero-order chi connectivity index (χ0) is 22.6. The van der Waals surface area contributed by atoms with Gasteiger partial charge in [-0.15, -0.1) is 0 Å². The molecule has 0 radical (unpaired) electrons. The molecule has 0 heterocycles. The number of halogens is 2. The van der Waals surface area contributed by atoms with Crippen LogP contribution in [0, 0.1) is 0 Å². The number of carbonyl (C=O) groups is 1. The number of benzene rings is 3. The van der Waals surface area contributed by atoms with Crippen molar-refractivity contribution in [3.63, 3.8) is 0 Å². The number of anilines is 1. The molecule has 0 atom stereocenters. The predicted molar refractivity (Wildman–Crippen MR) is 141 cm³/mol. The number of hydrazone groups is 2. The fourth-order valence-electron chi connectivity index (χ4n) is 2.57. The Bertz CT molecular complexity index is 1140. The number of allylic oxidation sites excluding steroid dienone is 2. The first kappa shape index (κ1) is 23.4. The lowest BCUT2D eigenvalue weighted by molar-refractivity contribution is 0.0955. The number of hydrogen-bond donors (Lipinski definition) is 2. The third kappa shape index (κ3) is 8.09. The fourth-order valence-corrected chi connectivity index (χ4v) is 3.31. The van der Waals surface area contributed by atoms with E-state index in [1.165, 1.54) is 6.21 Å². The molecule has 0 saturated carbocycles. The van der Waals surface area contributed by atoms with Crippen LogP contribution >= 0.6 is 31.9 Å². The van der Waals surface area contributed by atoms with Gasteiger partial charge in [-0.1, -0.05) is 60.7 Å². The van der Waals surface area contributed by atoms with Gasteiger partial charge >= 0.3 is 0 Å². The van der Waals surface area contributed by atoms with Crippen LogP contribution in [-0.4, -0.2) is 18.3 Å². The average Bonchev–Trinajstić information content (AvgIpc) is 2.81. The minimum Gasteiger partial charge on any atom is -0.278 e. The van der Waals surface area contributed by atoms with Gasteiger partial charge in [0.25, 0.3) is 5.91 Å². The summed E-state index contributed by atoms with van der Waals surface area (Å²) in [5.74, 6) is -0.301. The van der Waals surface area contributed by atoms with Crippen LogP contribution in [0.25, 0.3) is 12.2 Å². The third-order valence-corrected chi connectivity index (χ3v) is 4.96. The molecule has 0 bridgehead atoms. The molecule has 3 rings (SSSR count). The number of hydrogen-bond acceptors (Lipinski definition) is 4. The smallest absolute Gasteiger partial charge is 0.271 e. The second-order valence-electron chi connectivity index (χ2n) is 6.53. The number of rotatable bonds is 8. The first-order valence-electron chi connectivity index (χ1n) is 9.67. The van der Waals surface area contributed by atoms with Crippen molar-refractivity contribution < 1.29 is 4.79 Å². The topological polar surface area (TPSA) is 65.8 Å². The van der Waals surface area contributed by atoms with Gasteiger partial charge in [-0.3, -0.25) is 10.2 Å². The molecule has 0 saturated heterocycles. The van der Waals surface area contributed by atoms with E-state index in [2.05, 4.69) is 52.9 Å². The lowest BCUT2D eigenvalue weighted by Gasteiger charge is -2.03.